The maximum absolute atomic E-state index is 11.7. The molecule has 1 atom stereocenters. The molecule has 1 rings (SSSR count). The molecule has 0 spiro atoms. The molecule has 0 radical (unpaired) electrons. The zero-order valence-electron chi connectivity index (χ0n) is 11.3. The normalized spacial score (nSPS) is 12.0. The van der Waals surface area contributed by atoms with E-state index in [4.69, 9.17) is 9.15 Å². The number of halogens is 1. The predicted octanol–water partition coefficient (Wildman–Crippen LogP) is 0.238. The summed E-state index contributed by atoms with van der Waals surface area (Å²) in [5, 5.41) is 11.9. The summed E-state index contributed by atoms with van der Waals surface area (Å²) in [6.45, 7) is 0.104. The third-order valence-electron chi connectivity index (χ3n) is 2.47. The fourth-order valence-electron chi connectivity index (χ4n) is 1.48. The summed E-state index contributed by atoms with van der Waals surface area (Å²) in [4.78, 5) is 24.7. The largest absolute Gasteiger partial charge is 0.444 e. The van der Waals surface area contributed by atoms with Crippen LogP contribution in [-0.2, 0) is 9.53 Å². The first kappa shape index (κ1) is 16.7. The lowest BCUT2D eigenvalue weighted by molar-refractivity contribution is -0.130. The van der Waals surface area contributed by atoms with Crippen LogP contribution in [0.5, 0.6) is 0 Å². The van der Waals surface area contributed by atoms with Crippen molar-refractivity contribution < 1.29 is 23.8 Å². The molecular weight excluding hydrogens is 332 g/mol. The topological polar surface area (TPSA) is 92.0 Å². The van der Waals surface area contributed by atoms with Crippen LogP contribution < -0.4 is 5.32 Å². The summed E-state index contributed by atoms with van der Waals surface area (Å²) in [5.74, 6) is -0.680. The van der Waals surface area contributed by atoms with Crippen LogP contribution in [-0.4, -0.2) is 61.8 Å². The molecule has 1 unspecified atom stereocenters. The zero-order chi connectivity index (χ0) is 15.1. The predicted molar refractivity (Wildman–Crippen MR) is 74.3 cm³/mol. The highest BCUT2D eigenvalue weighted by molar-refractivity contribution is 9.10. The first-order chi connectivity index (χ1) is 9.43. The van der Waals surface area contributed by atoms with Gasteiger partial charge in [-0.05, 0) is 28.1 Å². The van der Waals surface area contributed by atoms with E-state index >= 15 is 0 Å². The summed E-state index contributed by atoms with van der Waals surface area (Å²) < 4.78 is 10.3. The molecule has 1 aromatic heterocycles. The highest BCUT2D eigenvalue weighted by Crippen LogP contribution is 2.13. The Morgan fingerprint density at radius 2 is 2.25 bits per heavy atom. The molecule has 0 aromatic carbocycles. The molecule has 0 fully saturated rings. The minimum absolute atomic E-state index is 0.117. The van der Waals surface area contributed by atoms with Crippen molar-refractivity contribution in [2.24, 2.45) is 0 Å². The van der Waals surface area contributed by atoms with Gasteiger partial charge in [0.1, 0.15) is 0 Å². The Morgan fingerprint density at radius 1 is 1.55 bits per heavy atom. The second kappa shape index (κ2) is 8.03. The van der Waals surface area contributed by atoms with Crippen molar-refractivity contribution in [1.82, 2.24) is 10.2 Å². The number of amides is 2. The van der Waals surface area contributed by atoms with E-state index in [1.165, 1.54) is 25.1 Å². The van der Waals surface area contributed by atoms with Crippen molar-refractivity contribution in [3.8, 4) is 0 Å². The molecule has 0 saturated heterocycles. The molecule has 1 aromatic rings. The molecule has 1 heterocycles. The molecule has 0 aliphatic rings. The third kappa shape index (κ3) is 5.32. The summed E-state index contributed by atoms with van der Waals surface area (Å²) in [6, 6.07) is 3.08. The van der Waals surface area contributed by atoms with E-state index in [-0.39, 0.29) is 31.4 Å². The Labute approximate surface area is 125 Å². The number of ether oxygens (including phenoxy) is 1. The zero-order valence-corrected chi connectivity index (χ0v) is 12.8. The maximum Gasteiger partial charge on any atom is 0.287 e. The average Bonchev–Trinajstić information content (AvgIpc) is 2.82. The van der Waals surface area contributed by atoms with Crippen LogP contribution in [0.3, 0.4) is 0 Å². The Morgan fingerprint density at radius 3 is 2.80 bits per heavy atom. The number of aliphatic hydroxyl groups is 1. The highest BCUT2D eigenvalue weighted by atomic mass is 79.9. The van der Waals surface area contributed by atoms with Crippen molar-refractivity contribution in [2.75, 3.05) is 33.9 Å². The summed E-state index contributed by atoms with van der Waals surface area (Å²) in [6.07, 6.45) is -0.759. The molecule has 7 nitrogen and oxygen atoms in total. The van der Waals surface area contributed by atoms with E-state index in [1.807, 2.05) is 0 Å². The monoisotopic (exact) mass is 348 g/mol. The van der Waals surface area contributed by atoms with Crippen LogP contribution >= 0.6 is 15.9 Å². The molecule has 0 aliphatic carbocycles. The number of hydrogen-bond donors (Lipinski definition) is 2. The molecule has 0 saturated carbocycles. The number of nitrogens with one attached hydrogen (secondary N) is 1. The molecule has 8 heteroatoms. The lowest BCUT2D eigenvalue weighted by Crippen LogP contribution is -2.42. The Kier molecular flexibility index (Phi) is 6.69. The van der Waals surface area contributed by atoms with Gasteiger partial charge in [-0.2, -0.15) is 0 Å². The number of hydrogen-bond acceptors (Lipinski definition) is 5. The Hall–Kier alpha value is -1.38. The number of likely N-dealkylation sites (N-methyl/N-ethyl adjacent to an activating group) is 1. The van der Waals surface area contributed by atoms with E-state index in [9.17, 15) is 14.7 Å². The van der Waals surface area contributed by atoms with Gasteiger partial charge in [-0.1, -0.05) is 0 Å². The third-order valence-corrected chi connectivity index (χ3v) is 2.89. The van der Waals surface area contributed by atoms with Crippen molar-refractivity contribution >= 4 is 27.7 Å². The number of aliphatic hydroxyl groups excluding tert-OH is 1. The van der Waals surface area contributed by atoms with E-state index < -0.39 is 12.0 Å². The van der Waals surface area contributed by atoms with Gasteiger partial charge < -0.3 is 24.5 Å². The molecular formula is C12H17BrN2O5. The van der Waals surface area contributed by atoms with Gasteiger partial charge in [-0.3, -0.25) is 9.59 Å². The van der Waals surface area contributed by atoms with E-state index in [2.05, 4.69) is 21.2 Å². The van der Waals surface area contributed by atoms with Gasteiger partial charge in [0.15, 0.2) is 10.4 Å². The standard InChI is InChI=1S/C12H17BrN2O5/c1-15(6-8(16)7-19-2)11(17)5-14-12(18)9-3-4-10(13)20-9/h3-4,8,16H,5-7H2,1-2H3,(H,14,18). The average molecular weight is 349 g/mol. The number of rotatable bonds is 7. The minimum Gasteiger partial charge on any atom is -0.444 e. The summed E-state index contributed by atoms with van der Waals surface area (Å²) in [7, 11) is 3.00. The molecule has 0 aliphatic heterocycles. The van der Waals surface area contributed by atoms with E-state index in [0.717, 1.165) is 0 Å². The molecule has 0 bridgehead atoms. The minimum atomic E-state index is -0.759. The number of methoxy groups -OCH3 is 1. The van der Waals surface area contributed by atoms with Gasteiger partial charge in [0, 0.05) is 20.7 Å². The Bertz CT molecular complexity index is 462. The first-order valence-corrected chi connectivity index (χ1v) is 6.67. The quantitative estimate of drug-likeness (QED) is 0.736. The van der Waals surface area contributed by atoms with E-state index in [1.54, 1.807) is 6.07 Å². The van der Waals surface area contributed by atoms with Crippen LogP contribution in [0.2, 0.25) is 0 Å². The van der Waals surface area contributed by atoms with Crippen LogP contribution in [0.25, 0.3) is 0 Å². The van der Waals surface area contributed by atoms with Crippen LogP contribution in [0.15, 0.2) is 21.2 Å². The van der Waals surface area contributed by atoms with Crippen molar-refractivity contribution in [2.45, 2.75) is 6.10 Å². The van der Waals surface area contributed by atoms with Crippen molar-refractivity contribution in [1.29, 1.82) is 0 Å². The van der Waals surface area contributed by atoms with Crippen LogP contribution in [0, 0.1) is 0 Å². The lowest BCUT2D eigenvalue weighted by atomic mass is 10.3. The van der Waals surface area contributed by atoms with Crippen LogP contribution in [0.1, 0.15) is 10.6 Å². The van der Waals surface area contributed by atoms with Gasteiger partial charge in [0.25, 0.3) is 5.91 Å². The fourth-order valence-corrected chi connectivity index (χ4v) is 1.78. The van der Waals surface area contributed by atoms with Gasteiger partial charge in [-0.25, -0.2) is 0 Å². The van der Waals surface area contributed by atoms with E-state index in [0.29, 0.717) is 4.67 Å². The molecule has 20 heavy (non-hydrogen) atoms. The first-order valence-electron chi connectivity index (χ1n) is 5.88. The fraction of sp³-hybridized carbons (Fsp3) is 0.500. The lowest BCUT2D eigenvalue weighted by Gasteiger charge is -2.20. The van der Waals surface area contributed by atoms with Crippen molar-refractivity contribution in [3.05, 3.63) is 22.6 Å². The molecule has 2 N–H and O–H groups in total. The van der Waals surface area contributed by atoms with Crippen LogP contribution in [0.4, 0.5) is 0 Å². The second-order valence-electron chi connectivity index (χ2n) is 4.17. The highest BCUT2D eigenvalue weighted by Gasteiger charge is 2.16. The Balaban J connectivity index is 2.37. The van der Waals surface area contributed by atoms with Gasteiger partial charge >= 0.3 is 0 Å². The van der Waals surface area contributed by atoms with Crippen molar-refractivity contribution in [3.63, 3.8) is 0 Å². The van der Waals surface area contributed by atoms with Gasteiger partial charge in [0.05, 0.1) is 19.3 Å². The van der Waals surface area contributed by atoms with Gasteiger partial charge in [0.2, 0.25) is 5.91 Å². The smallest absolute Gasteiger partial charge is 0.287 e. The summed E-state index contributed by atoms with van der Waals surface area (Å²) in [5.41, 5.74) is 0. The number of furan rings is 1. The second-order valence-corrected chi connectivity index (χ2v) is 4.95. The summed E-state index contributed by atoms with van der Waals surface area (Å²) >= 11 is 3.08. The SMILES string of the molecule is COCC(O)CN(C)C(=O)CNC(=O)c1ccc(Br)o1. The van der Waals surface area contributed by atoms with Gasteiger partial charge in [-0.15, -0.1) is 0 Å². The molecule has 112 valence electrons. The molecule has 2 amide bonds. The number of carbonyl (C=O) groups is 2. The maximum atomic E-state index is 11.7. The number of nitrogens with zero attached hydrogens (tertiary/aromatic N) is 1. The number of carbonyl (C=O) groups excluding carboxylic acids is 2.